The van der Waals surface area contributed by atoms with Crippen LogP contribution in [0.3, 0.4) is 0 Å². The molecule has 2 N–H and O–H groups in total. The minimum Gasteiger partial charge on any atom is -0.465 e. The Balaban J connectivity index is 1.53. The monoisotopic (exact) mass is 373 g/mol. The number of imidazole rings is 1. The van der Waals surface area contributed by atoms with Gasteiger partial charge in [0.1, 0.15) is 11.5 Å². The zero-order valence-corrected chi connectivity index (χ0v) is 16.1. The molecule has 1 aliphatic rings. The van der Waals surface area contributed by atoms with E-state index in [-0.39, 0.29) is 18.2 Å². The van der Waals surface area contributed by atoms with Crippen LogP contribution in [0.2, 0.25) is 0 Å². The fraction of sp³-hybridized carbons (Fsp3) is 0.526. The Hall–Kier alpha value is -2.61. The lowest BCUT2D eigenvalue weighted by atomic mass is 10.1. The standard InChI is InChI=1S/C19H27N5O3/c1-13-4-5-16(27-13)11-23-8-7-21-19(26)17(23)10-18(25)20-6-9-24-12-22-14(2)15(24)3/h4-5,12,17H,6-11H2,1-3H3,(H,20,25)(H,21,26)/t17-/m1/s1. The Morgan fingerprint density at radius 1 is 1.37 bits per heavy atom. The van der Waals surface area contributed by atoms with Crippen LogP contribution in [0, 0.1) is 20.8 Å². The molecular formula is C19H27N5O3. The van der Waals surface area contributed by atoms with Gasteiger partial charge in [0.15, 0.2) is 0 Å². The third-order valence-corrected chi connectivity index (χ3v) is 5.00. The third-order valence-electron chi connectivity index (χ3n) is 5.00. The molecule has 0 spiro atoms. The SMILES string of the molecule is Cc1ccc(CN2CCNC(=O)[C@H]2CC(=O)NCCn2cnc(C)c2C)o1. The Morgan fingerprint density at radius 2 is 2.19 bits per heavy atom. The lowest BCUT2D eigenvalue weighted by Gasteiger charge is -2.34. The number of aryl methyl sites for hydroxylation is 2. The normalized spacial score (nSPS) is 17.7. The van der Waals surface area contributed by atoms with E-state index in [0.717, 1.165) is 22.9 Å². The minimum atomic E-state index is -0.485. The van der Waals surface area contributed by atoms with Gasteiger partial charge in [0.2, 0.25) is 11.8 Å². The molecule has 146 valence electrons. The molecular weight excluding hydrogens is 346 g/mol. The molecule has 2 amide bonds. The molecule has 1 aliphatic heterocycles. The Morgan fingerprint density at radius 3 is 2.85 bits per heavy atom. The number of aromatic nitrogens is 2. The van der Waals surface area contributed by atoms with Crippen LogP contribution in [-0.4, -0.2) is 51.9 Å². The molecule has 8 nitrogen and oxygen atoms in total. The average Bonchev–Trinajstić information content (AvgIpc) is 3.18. The van der Waals surface area contributed by atoms with E-state index in [0.29, 0.717) is 32.7 Å². The van der Waals surface area contributed by atoms with E-state index in [1.165, 1.54) is 0 Å². The average molecular weight is 373 g/mol. The van der Waals surface area contributed by atoms with Crippen molar-refractivity contribution in [3.05, 3.63) is 41.4 Å². The summed E-state index contributed by atoms with van der Waals surface area (Å²) in [6.07, 6.45) is 1.91. The molecule has 1 saturated heterocycles. The van der Waals surface area contributed by atoms with Crippen molar-refractivity contribution in [3.8, 4) is 0 Å². The summed E-state index contributed by atoms with van der Waals surface area (Å²) < 4.78 is 7.63. The Kier molecular flexibility index (Phi) is 5.95. The highest BCUT2D eigenvalue weighted by Gasteiger charge is 2.32. The van der Waals surface area contributed by atoms with Crippen molar-refractivity contribution in [2.75, 3.05) is 19.6 Å². The molecule has 3 rings (SSSR count). The number of carbonyl (C=O) groups is 2. The van der Waals surface area contributed by atoms with Gasteiger partial charge in [-0.3, -0.25) is 14.5 Å². The fourth-order valence-electron chi connectivity index (χ4n) is 3.28. The van der Waals surface area contributed by atoms with E-state index >= 15 is 0 Å². The van der Waals surface area contributed by atoms with E-state index in [9.17, 15) is 9.59 Å². The predicted octanol–water partition coefficient (Wildman–Crippen LogP) is 0.908. The molecule has 0 saturated carbocycles. The lowest BCUT2D eigenvalue weighted by Crippen LogP contribution is -2.56. The molecule has 2 aromatic rings. The maximum atomic E-state index is 12.4. The molecule has 2 aromatic heterocycles. The summed E-state index contributed by atoms with van der Waals surface area (Å²) in [5.41, 5.74) is 2.08. The number of nitrogens with one attached hydrogen (secondary N) is 2. The van der Waals surface area contributed by atoms with E-state index in [1.807, 2.05) is 42.4 Å². The van der Waals surface area contributed by atoms with E-state index in [4.69, 9.17) is 4.42 Å². The Labute approximate surface area is 158 Å². The van der Waals surface area contributed by atoms with Crippen molar-refractivity contribution in [1.82, 2.24) is 25.1 Å². The van der Waals surface area contributed by atoms with Gasteiger partial charge in [-0.2, -0.15) is 0 Å². The number of carbonyl (C=O) groups excluding carboxylic acids is 2. The van der Waals surface area contributed by atoms with Gasteiger partial charge in [0, 0.05) is 31.9 Å². The topological polar surface area (TPSA) is 92.4 Å². The second-order valence-electron chi connectivity index (χ2n) is 6.95. The van der Waals surface area contributed by atoms with E-state index < -0.39 is 6.04 Å². The summed E-state index contributed by atoms with van der Waals surface area (Å²) in [5, 5.41) is 5.75. The van der Waals surface area contributed by atoms with Gasteiger partial charge < -0.3 is 19.6 Å². The Bertz CT molecular complexity index is 810. The molecule has 3 heterocycles. The molecule has 0 unspecified atom stereocenters. The predicted molar refractivity (Wildman–Crippen MR) is 100.0 cm³/mol. The second-order valence-corrected chi connectivity index (χ2v) is 6.95. The van der Waals surface area contributed by atoms with Gasteiger partial charge in [-0.1, -0.05) is 0 Å². The highest BCUT2D eigenvalue weighted by atomic mass is 16.3. The van der Waals surface area contributed by atoms with Crippen molar-refractivity contribution >= 4 is 11.8 Å². The first-order valence-electron chi connectivity index (χ1n) is 9.26. The van der Waals surface area contributed by atoms with Crippen LogP contribution < -0.4 is 10.6 Å². The molecule has 0 radical (unpaired) electrons. The second kappa shape index (κ2) is 8.39. The first-order chi connectivity index (χ1) is 12.9. The minimum absolute atomic E-state index is 0.110. The number of rotatable bonds is 7. The number of piperazine rings is 1. The van der Waals surface area contributed by atoms with Gasteiger partial charge in [0.25, 0.3) is 0 Å². The number of furan rings is 1. The zero-order chi connectivity index (χ0) is 19.4. The maximum Gasteiger partial charge on any atom is 0.237 e. The first-order valence-corrected chi connectivity index (χ1v) is 9.26. The number of nitrogens with zero attached hydrogens (tertiary/aromatic N) is 3. The fourth-order valence-corrected chi connectivity index (χ4v) is 3.28. The summed E-state index contributed by atoms with van der Waals surface area (Å²) in [6.45, 7) is 8.80. The van der Waals surface area contributed by atoms with Crippen molar-refractivity contribution in [2.45, 2.75) is 46.3 Å². The van der Waals surface area contributed by atoms with Gasteiger partial charge >= 0.3 is 0 Å². The quantitative estimate of drug-likeness (QED) is 0.753. The highest BCUT2D eigenvalue weighted by molar-refractivity contribution is 5.88. The molecule has 8 heteroatoms. The summed E-state index contributed by atoms with van der Waals surface area (Å²) in [5.74, 6) is 1.40. The van der Waals surface area contributed by atoms with Crippen molar-refractivity contribution < 1.29 is 14.0 Å². The number of amides is 2. The molecule has 27 heavy (non-hydrogen) atoms. The molecule has 0 aromatic carbocycles. The highest BCUT2D eigenvalue weighted by Crippen LogP contribution is 2.15. The molecule has 0 bridgehead atoms. The lowest BCUT2D eigenvalue weighted by molar-refractivity contribution is -0.134. The van der Waals surface area contributed by atoms with Crippen LogP contribution in [0.15, 0.2) is 22.9 Å². The summed E-state index contributed by atoms with van der Waals surface area (Å²) >= 11 is 0. The number of hydrogen-bond acceptors (Lipinski definition) is 5. The third kappa shape index (κ3) is 4.77. The zero-order valence-electron chi connectivity index (χ0n) is 16.1. The summed E-state index contributed by atoms with van der Waals surface area (Å²) in [4.78, 5) is 30.9. The molecule has 1 atom stereocenters. The van der Waals surface area contributed by atoms with Crippen molar-refractivity contribution in [3.63, 3.8) is 0 Å². The van der Waals surface area contributed by atoms with E-state index in [1.54, 1.807) is 6.33 Å². The smallest absolute Gasteiger partial charge is 0.237 e. The van der Waals surface area contributed by atoms with Crippen LogP contribution in [0.1, 0.15) is 29.3 Å². The van der Waals surface area contributed by atoms with Gasteiger partial charge in [-0.25, -0.2) is 4.98 Å². The largest absolute Gasteiger partial charge is 0.465 e. The van der Waals surface area contributed by atoms with Gasteiger partial charge in [-0.05, 0) is 32.9 Å². The number of hydrogen-bond donors (Lipinski definition) is 2. The summed E-state index contributed by atoms with van der Waals surface area (Å²) in [7, 11) is 0. The van der Waals surface area contributed by atoms with Crippen LogP contribution in [0.5, 0.6) is 0 Å². The van der Waals surface area contributed by atoms with E-state index in [2.05, 4.69) is 15.6 Å². The first kappa shape index (κ1) is 19.2. The van der Waals surface area contributed by atoms with Gasteiger partial charge in [-0.15, -0.1) is 0 Å². The van der Waals surface area contributed by atoms with Crippen molar-refractivity contribution in [2.24, 2.45) is 0 Å². The molecule has 0 aliphatic carbocycles. The summed E-state index contributed by atoms with van der Waals surface area (Å²) in [6, 6.07) is 3.33. The van der Waals surface area contributed by atoms with Crippen LogP contribution in [0.25, 0.3) is 0 Å². The van der Waals surface area contributed by atoms with Crippen molar-refractivity contribution in [1.29, 1.82) is 0 Å². The van der Waals surface area contributed by atoms with Gasteiger partial charge in [0.05, 0.1) is 31.0 Å². The van der Waals surface area contributed by atoms with Crippen LogP contribution >= 0.6 is 0 Å². The maximum absolute atomic E-state index is 12.4. The van der Waals surface area contributed by atoms with Crippen LogP contribution in [0.4, 0.5) is 0 Å². The molecule has 1 fully saturated rings. The van der Waals surface area contributed by atoms with Crippen LogP contribution in [-0.2, 0) is 22.7 Å².